The van der Waals surface area contributed by atoms with Crippen molar-refractivity contribution in [3.05, 3.63) is 72.8 Å². The van der Waals surface area contributed by atoms with E-state index in [1.54, 1.807) is 17.8 Å². The van der Waals surface area contributed by atoms with E-state index in [0.717, 1.165) is 27.1 Å². The molecule has 0 atom stereocenters. The van der Waals surface area contributed by atoms with Crippen molar-refractivity contribution in [3.63, 3.8) is 0 Å². The summed E-state index contributed by atoms with van der Waals surface area (Å²) >= 11 is 1.80. The van der Waals surface area contributed by atoms with Crippen molar-refractivity contribution >= 4 is 11.8 Å². The van der Waals surface area contributed by atoms with Gasteiger partial charge in [0.1, 0.15) is 0 Å². The molecule has 1 radical (unpaired) electrons. The van der Waals surface area contributed by atoms with Gasteiger partial charge in [0, 0.05) is 20.8 Å². The fourth-order valence-electron chi connectivity index (χ4n) is 2.76. The molecule has 0 N–H and O–H groups in total. The average molecular weight is 333 g/mol. The van der Waals surface area contributed by atoms with Gasteiger partial charge in [-0.2, -0.15) is 0 Å². The van der Waals surface area contributed by atoms with Gasteiger partial charge in [-0.1, -0.05) is 81.4 Å². The summed E-state index contributed by atoms with van der Waals surface area (Å²) in [5.41, 5.74) is 3.88. The summed E-state index contributed by atoms with van der Waals surface area (Å²) in [6.07, 6.45) is 0. The molecular weight excluding hydrogens is 312 g/mol. The van der Waals surface area contributed by atoms with Gasteiger partial charge in [0.15, 0.2) is 5.75 Å². The van der Waals surface area contributed by atoms with Crippen LogP contribution in [0.2, 0.25) is 0 Å². The molecule has 0 spiro atoms. The second kappa shape index (κ2) is 6.74. The summed E-state index contributed by atoms with van der Waals surface area (Å²) in [5.74, 6) is 0.0679. The van der Waals surface area contributed by atoms with Crippen molar-refractivity contribution < 1.29 is 5.11 Å². The molecule has 1 nitrogen and oxygen atoms in total. The van der Waals surface area contributed by atoms with Crippen LogP contribution < -0.4 is 0 Å². The minimum absolute atomic E-state index is 0.0679. The largest absolute Gasteiger partial charge is 0.289 e. The van der Waals surface area contributed by atoms with E-state index in [4.69, 9.17) is 0 Å². The molecule has 0 saturated heterocycles. The van der Waals surface area contributed by atoms with Crippen LogP contribution in [0.4, 0.5) is 0 Å². The highest BCUT2D eigenvalue weighted by atomic mass is 32.2. The van der Waals surface area contributed by atoms with E-state index >= 15 is 0 Å². The van der Waals surface area contributed by atoms with E-state index in [2.05, 4.69) is 32.9 Å². The van der Waals surface area contributed by atoms with Crippen molar-refractivity contribution in [2.75, 3.05) is 0 Å². The number of thioether (sulfide) groups is 1. The van der Waals surface area contributed by atoms with Crippen LogP contribution in [0, 0.1) is 0 Å². The number of benzene rings is 3. The van der Waals surface area contributed by atoms with Crippen molar-refractivity contribution in [2.45, 2.75) is 30.4 Å². The van der Waals surface area contributed by atoms with E-state index in [-0.39, 0.29) is 10.5 Å². The zero-order valence-corrected chi connectivity index (χ0v) is 15.1. The summed E-state index contributed by atoms with van der Waals surface area (Å²) in [7, 11) is 0. The van der Waals surface area contributed by atoms with Gasteiger partial charge in [0.05, 0.1) is 0 Å². The maximum Gasteiger partial charge on any atom is 0.187 e. The van der Waals surface area contributed by atoms with Crippen molar-refractivity contribution in [3.8, 4) is 28.0 Å². The fourth-order valence-corrected chi connectivity index (χ4v) is 3.88. The maximum atomic E-state index is 12.7. The fraction of sp³-hybridized carbons (Fsp3) is 0.182. The Morgan fingerprint density at radius 3 is 1.67 bits per heavy atom. The van der Waals surface area contributed by atoms with Crippen LogP contribution in [0.5, 0.6) is 5.75 Å². The third-order valence-electron chi connectivity index (χ3n) is 3.67. The Morgan fingerprint density at radius 1 is 0.667 bits per heavy atom. The van der Waals surface area contributed by atoms with Crippen LogP contribution in [-0.4, -0.2) is 4.75 Å². The number of hydrogen-bond donors (Lipinski definition) is 0. The highest BCUT2D eigenvalue weighted by Crippen LogP contribution is 2.47. The van der Waals surface area contributed by atoms with Gasteiger partial charge >= 0.3 is 0 Å². The molecule has 3 rings (SSSR count). The Kier molecular flexibility index (Phi) is 4.68. The standard InChI is InChI=1S/C22H21OS/c1-22(2,3)24-19-15-14-18(23)20(16-10-6-4-7-11-16)21(19)17-12-8-5-9-13-17/h4-15H,1-3H3. The summed E-state index contributed by atoms with van der Waals surface area (Å²) in [6.45, 7) is 6.58. The lowest BCUT2D eigenvalue weighted by atomic mass is 9.93. The van der Waals surface area contributed by atoms with E-state index in [9.17, 15) is 5.11 Å². The Labute approximate surface area is 148 Å². The SMILES string of the molecule is CC(C)(C)Sc1ccc([O])c(-c2ccccc2)c1-c1ccccc1. The maximum absolute atomic E-state index is 12.7. The minimum atomic E-state index is 0.0679. The summed E-state index contributed by atoms with van der Waals surface area (Å²) in [6, 6.07) is 23.8. The number of rotatable bonds is 3. The van der Waals surface area contributed by atoms with Gasteiger partial charge in [-0.05, 0) is 23.3 Å². The zero-order chi connectivity index (χ0) is 17.2. The number of hydrogen-bond acceptors (Lipinski definition) is 1. The van der Waals surface area contributed by atoms with Gasteiger partial charge in [-0.25, -0.2) is 0 Å². The van der Waals surface area contributed by atoms with E-state index in [0.29, 0.717) is 0 Å². The predicted octanol–water partition coefficient (Wildman–Crippen LogP) is 7.06. The molecule has 2 heteroatoms. The molecule has 0 aliphatic carbocycles. The van der Waals surface area contributed by atoms with Crippen LogP contribution in [0.3, 0.4) is 0 Å². The topological polar surface area (TPSA) is 19.9 Å². The molecule has 3 aromatic rings. The molecule has 0 heterocycles. The van der Waals surface area contributed by atoms with Crippen LogP contribution in [0.15, 0.2) is 77.7 Å². The van der Waals surface area contributed by atoms with Crippen LogP contribution >= 0.6 is 11.8 Å². The molecule has 0 bridgehead atoms. The van der Waals surface area contributed by atoms with Gasteiger partial charge in [0.2, 0.25) is 0 Å². The first-order valence-electron chi connectivity index (χ1n) is 8.09. The lowest BCUT2D eigenvalue weighted by Gasteiger charge is -2.22. The quantitative estimate of drug-likeness (QED) is 0.470. The van der Waals surface area contributed by atoms with Crippen LogP contribution in [0.25, 0.3) is 22.3 Å². The van der Waals surface area contributed by atoms with Gasteiger partial charge in [-0.15, -0.1) is 11.8 Å². The van der Waals surface area contributed by atoms with Crippen molar-refractivity contribution in [2.24, 2.45) is 0 Å². The Hall–Kier alpha value is -2.19. The van der Waals surface area contributed by atoms with Crippen LogP contribution in [0.1, 0.15) is 20.8 Å². The minimum Gasteiger partial charge on any atom is -0.289 e. The zero-order valence-electron chi connectivity index (χ0n) is 14.2. The first-order chi connectivity index (χ1) is 11.5. The lowest BCUT2D eigenvalue weighted by Crippen LogP contribution is -2.07. The van der Waals surface area contributed by atoms with Crippen molar-refractivity contribution in [1.29, 1.82) is 0 Å². The van der Waals surface area contributed by atoms with Gasteiger partial charge in [0.25, 0.3) is 0 Å². The monoisotopic (exact) mass is 333 g/mol. The molecule has 121 valence electrons. The average Bonchev–Trinajstić information content (AvgIpc) is 2.56. The smallest absolute Gasteiger partial charge is 0.187 e. The molecule has 0 aromatic heterocycles. The third-order valence-corrected chi connectivity index (χ3v) is 4.84. The Bertz CT molecular complexity index is 818. The van der Waals surface area contributed by atoms with Gasteiger partial charge < -0.3 is 0 Å². The molecule has 0 saturated carbocycles. The molecule has 0 aliphatic rings. The molecule has 0 fully saturated rings. The highest BCUT2D eigenvalue weighted by Gasteiger charge is 2.21. The van der Waals surface area contributed by atoms with Crippen molar-refractivity contribution in [1.82, 2.24) is 0 Å². The van der Waals surface area contributed by atoms with E-state index in [1.165, 1.54) is 0 Å². The third kappa shape index (κ3) is 3.65. The normalized spacial score (nSPS) is 11.5. The second-order valence-corrected chi connectivity index (χ2v) is 8.63. The summed E-state index contributed by atoms with van der Waals surface area (Å²) < 4.78 is 0.0713. The van der Waals surface area contributed by atoms with Crippen LogP contribution in [-0.2, 0) is 5.11 Å². The predicted molar refractivity (Wildman–Crippen MR) is 103 cm³/mol. The molecular formula is C22H21OS. The molecule has 24 heavy (non-hydrogen) atoms. The first-order valence-corrected chi connectivity index (χ1v) is 8.91. The molecule has 3 aromatic carbocycles. The summed E-state index contributed by atoms with van der Waals surface area (Å²) in [4.78, 5) is 1.15. The van der Waals surface area contributed by atoms with E-state index in [1.807, 2.05) is 54.6 Å². The second-order valence-electron chi connectivity index (χ2n) is 6.76. The summed E-state index contributed by atoms with van der Waals surface area (Å²) in [5, 5.41) is 12.7. The molecule has 0 unspecified atom stereocenters. The Morgan fingerprint density at radius 2 is 1.17 bits per heavy atom. The highest BCUT2D eigenvalue weighted by molar-refractivity contribution is 8.00. The Balaban J connectivity index is 2.30. The van der Waals surface area contributed by atoms with Gasteiger partial charge in [-0.3, -0.25) is 5.11 Å². The lowest BCUT2D eigenvalue weighted by molar-refractivity contribution is 0.356. The van der Waals surface area contributed by atoms with E-state index < -0.39 is 0 Å². The first kappa shape index (κ1) is 16.7. The molecule has 0 aliphatic heterocycles. The molecule has 0 amide bonds.